The molecule has 1 N–H and O–H groups in total. The Morgan fingerprint density at radius 2 is 2.33 bits per heavy atom. The van der Waals surface area contributed by atoms with Crippen molar-refractivity contribution < 1.29 is 0 Å². The summed E-state index contributed by atoms with van der Waals surface area (Å²) < 4.78 is 0. The van der Waals surface area contributed by atoms with Crippen LogP contribution in [0, 0.1) is 23.2 Å². The van der Waals surface area contributed by atoms with E-state index in [1.54, 1.807) is 6.20 Å². The number of anilines is 1. The van der Waals surface area contributed by atoms with Gasteiger partial charge in [0.15, 0.2) is 5.16 Å². The lowest BCUT2D eigenvalue weighted by molar-refractivity contribution is 0.438. The number of fused-ring (bicyclic) bond motifs is 2. The fourth-order valence-corrected chi connectivity index (χ4v) is 3.59. The van der Waals surface area contributed by atoms with Crippen LogP contribution in [-0.2, 0) is 0 Å². The van der Waals surface area contributed by atoms with Crippen molar-refractivity contribution in [1.29, 1.82) is 5.26 Å². The molecule has 2 bridgehead atoms. The normalized spacial score (nSPS) is 29.2. The van der Waals surface area contributed by atoms with Gasteiger partial charge >= 0.3 is 0 Å². The molecule has 3 unspecified atom stereocenters. The summed E-state index contributed by atoms with van der Waals surface area (Å²) in [5.74, 6) is 2.38. The molecule has 2 aliphatic carbocycles. The third kappa shape index (κ3) is 2.05. The number of hydrogen-bond donors (Lipinski definition) is 1. The smallest absolute Gasteiger partial charge is 0.189 e. The maximum Gasteiger partial charge on any atom is 0.189 e. The Morgan fingerprint density at radius 3 is 2.94 bits per heavy atom. The average Bonchev–Trinajstić information content (AvgIpc) is 3.01. The minimum absolute atomic E-state index is 0.500. The Labute approximate surface area is 111 Å². The molecule has 3 atom stereocenters. The first-order chi connectivity index (χ1) is 8.80. The lowest BCUT2D eigenvalue weighted by Crippen LogP contribution is -2.27. The van der Waals surface area contributed by atoms with E-state index >= 15 is 0 Å². The van der Waals surface area contributed by atoms with Crippen molar-refractivity contribution in [3.05, 3.63) is 11.8 Å². The highest BCUT2D eigenvalue weighted by Crippen LogP contribution is 2.45. The highest BCUT2D eigenvalue weighted by molar-refractivity contribution is 7.98. The first-order valence-corrected chi connectivity index (χ1v) is 7.60. The van der Waals surface area contributed by atoms with E-state index in [-0.39, 0.29) is 0 Å². The number of nitriles is 1. The van der Waals surface area contributed by atoms with Crippen molar-refractivity contribution in [2.45, 2.75) is 36.9 Å². The summed E-state index contributed by atoms with van der Waals surface area (Å²) in [6, 6.07) is 2.67. The van der Waals surface area contributed by atoms with Crippen molar-refractivity contribution in [2.24, 2.45) is 11.8 Å². The molecule has 4 nitrogen and oxygen atoms in total. The zero-order valence-electron chi connectivity index (χ0n) is 10.4. The van der Waals surface area contributed by atoms with Gasteiger partial charge in [-0.25, -0.2) is 9.97 Å². The summed E-state index contributed by atoms with van der Waals surface area (Å²) in [7, 11) is 0. The molecule has 1 aromatic rings. The molecule has 2 saturated carbocycles. The molecule has 0 spiro atoms. The standard InChI is InChI=1S/C13H16N4S/c1-18-13-15-7-10(6-14)12(17-13)16-11-5-8-2-3-9(11)4-8/h7-9,11H,2-5H2,1H3,(H,15,16,17). The molecule has 2 aliphatic rings. The SMILES string of the molecule is CSc1ncc(C#N)c(NC2CC3CCC2C3)n1. The van der Waals surface area contributed by atoms with E-state index in [9.17, 15) is 0 Å². The second kappa shape index (κ2) is 4.77. The van der Waals surface area contributed by atoms with E-state index in [1.807, 2.05) is 6.26 Å². The highest BCUT2D eigenvalue weighted by Gasteiger charge is 2.39. The molecule has 5 heteroatoms. The molecule has 18 heavy (non-hydrogen) atoms. The number of nitrogens with zero attached hydrogens (tertiary/aromatic N) is 3. The van der Waals surface area contributed by atoms with Gasteiger partial charge in [-0.05, 0) is 37.4 Å². The van der Waals surface area contributed by atoms with Gasteiger partial charge in [0.1, 0.15) is 17.5 Å². The summed E-state index contributed by atoms with van der Waals surface area (Å²) in [6.07, 6.45) is 8.85. The number of nitrogens with one attached hydrogen (secondary N) is 1. The molecule has 0 aliphatic heterocycles. The van der Waals surface area contributed by atoms with E-state index in [0.29, 0.717) is 11.6 Å². The van der Waals surface area contributed by atoms with Gasteiger partial charge in [-0.15, -0.1) is 0 Å². The van der Waals surface area contributed by atoms with Crippen molar-refractivity contribution in [3.8, 4) is 6.07 Å². The summed E-state index contributed by atoms with van der Waals surface area (Å²) >= 11 is 1.50. The highest BCUT2D eigenvalue weighted by atomic mass is 32.2. The molecular weight excluding hydrogens is 244 g/mol. The van der Waals surface area contributed by atoms with Crippen LogP contribution in [0.4, 0.5) is 5.82 Å². The Hall–Kier alpha value is -1.28. The topological polar surface area (TPSA) is 61.6 Å². The fraction of sp³-hybridized carbons (Fsp3) is 0.615. The molecule has 0 amide bonds. The molecular formula is C13H16N4S. The second-order valence-electron chi connectivity index (χ2n) is 5.16. The molecule has 1 heterocycles. The number of hydrogen-bond acceptors (Lipinski definition) is 5. The zero-order chi connectivity index (χ0) is 12.5. The van der Waals surface area contributed by atoms with Crippen molar-refractivity contribution >= 4 is 17.6 Å². The maximum absolute atomic E-state index is 9.11. The van der Waals surface area contributed by atoms with Crippen molar-refractivity contribution in [3.63, 3.8) is 0 Å². The third-order valence-electron chi connectivity index (χ3n) is 4.13. The summed E-state index contributed by atoms with van der Waals surface area (Å²) in [4.78, 5) is 8.57. The minimum Gasteiger partial charge on any atom is -0.366 e. The Bertz CT molecular complexity index is 496. The van der Waals surface area contributed by atoms with Gasteiger partial charge < -0.3 is 5.32 Å². The van der Waals surface area contributed by atoms with Crippen LogP contribution in [0.3, 0.4) is 0 Å². The van der Waals surface area contributed by atoms with Crippen molar-refractivity contribution in [2.75, 3.05) is 11.6 Å². The van der Waals surface area contributed by atoms with Crippen LogP contribution in [0.2, 0.25) is 0 Å². The van der Waals surface area contributed by atoms with Gasteiger partial charge in [-0.2, -0.15) is 5.26 Å². The van der Waals surface area contributed by atoms with Gasteiger partial charge in [0.2, 0.25) is 0 Å². The first-order valence-electron chi connectivity index (χ1n) is 6.38. The maximum atomic E-state index is 9.11. The van der Waals surface area contributed by atoms with Crippen LogP contribution in [0.5, 0.6) is 0 Å². The first kappa shape index (κ1) is 11.8. The second-order valence-corrected chi connectivity index (χ2v) is 5.93. The van der Waals surface area contributed by atoms with Gasteiger partial charge in [-0.3, -0.25) is 0 Å². The number of thioether (sulfide) groups is 1. The average molecular weight is 260 g/mol. The van der Waals surface area contributed by atoms with Gasteiger partial charge in [-0.1, -0.05) is 18.2 Å². The fourth-order valence-electron chi connectivity index (χ4n) is 3.25. The van der Waals surface area contributed by atoms with E-state index in [2.05, 4.69) is 21.4 Å². The monoisotopic (exact) mass is 260 g/mol. The molecule has 3 rings (SSSR count). The third-order valence-corrected chi connectivity index (χ3v) is 4.69. The summed E-state index contributed by atoms with van der Waals surface area (Å²) in [6.45, 7) is 0. The predicted octanol–water partition coefficient (Wildman–Crippen LogP) is 2.67. The minimum atomic E-state index is 0.500. The van der Waals surface area contributed by atoms with Crippen molar-refractivity contribution in [1.82, 2.24) is 9.97 Å². The van der Waals surface area contributed by atoms with E-state index in [0.717, 1.165) is 22.8 Å². The Morgan fingerprint density at radius 1 is 1.44 bits per heavy atom. The molecule has 0 saturated heterocycles. The van der Waals surface area contributed by atoms with E-state index in [1.165, 1.54) is 37.4 Å². The zero-order valence-corrected chi connectivity index (χ0v) is 11.2. The van der Waals surface area contributed by atoms with E-state index < -0.39 is 0 Å². The van der Waals surface area contributed by atoms with Crippen LogP contribution in [0.15, 0.2) is 11.4 Å². The lowest BCUT2D eigenvalue weighted by atomic mass is 9.95. The summed E-state index contributed by atoms with van der Waals surface area (Å²) in [5.41, 5.74) is 0.551. The molecule has 1 aromatic heterocycles. The van der Waals surface area contributed by atoms with Crippen LogP contribution >= 0.6 is 11.8 Å². The lowest BCUT2D eigenvalue weighted by Gasteiger charge is -2.23. The van der Waals surface area contributed by atoms with Crippen LogP contribution in [0.25, 0.3) is 0 Å². The quantitative estimate of drug-likeness (QED) is 0.668. The van der Waals surface area contributed by atoms with Gasteiger partial charge in [0.05, 0.1) is 6.20 Å². The largest absolute Gasteiger partial charge is 0.366 e. The van der Waals surface area contributed by atoms with E-state index in [4.69, 9.17) is 5.26 Å². The molecule has 0 radical (unpaired) electrons. The van der Waals surface area contributed by atoms with Gasteiger partial charge in [0.25, 0.3) is 0 Å². The Kier molecular flexibility index (Phi) is 3.13. The van der Waals surface area contributed by atoms with Crippen LogP contribution in [0.1, 0.15) is 31.2 Å². The molecule has 2 fully saturated rings. The predicted molar refractivity (Wildman–Crippen MR) is 71.4 cm³/mol. The van der Waals surface area contributed by atoms with Gasteiger partial charge in [0, 0.05) is 6.04 Å². The summed E-state index contributed by atoms with van der Waals surface area (Å²) in [5, 5.41) is 13.3. The number of aromatic nitrogens is 2. The van der Waals surface area contributed by atoms with Crippen LogP contribution in [-0.4, -0.2) is 22.3 Å². The Balaban J connectivity index is 1.81. The van der Waals surface area contributed by atoms with Crippen LogP contribution < -0.4 is 5.32 Å². The number of rotatable bonds is 3. The molecule has 0 aromatic carbocycles. The molecule has 94 valence electrons.